The number of aromatic nitrogens is 8. The van der Waals surface area contributed by atoms with Crippen molar-refractivity contribution in [2.24, 2.45) is 29.4 Å². The van der Waals surface area contributed by atoms with Crippen molar-refractivity contribution in [2.75, 3.05) is 0 Å². The predicted octanol–water partition coefficient (Wildman–Crippen LogP) is 13.5. The Labute approximate surface area is 754 Å². The van der Waals surface area contributed by atoms with Gasteiger partial charge in [0.15, 0.2) is 63.5 Å². The van der Waals surface area contributed by atoms with Crippen LogP contribution in [0.1, 0.15) is 188 Å². The van der Waals surface area contributed by atoms with E-state index in [0.717, 1.165) is 61.0 Å². The molecule has 20 rings (SSSR count). The van der Waals surface area contributed by atoms with Gasteiger partial charge in [-0.25, -0.2) is 57.5 Å². The molecule has 0 aliphatic heterocycles. The molecule has 8 aromatic carbocycles. The summed E-state index contributed by atoms with van der Waals surface area (Å²) in [5, 5.41) is 67.7. The number of rotatable bonds is 15. The summed E-state index contributed by atoms with van der Waals surface area (Å²) in [7, 11) is 0. The van der Waals surface area contributed by atoms with Crippen molar-refractivity contribution >= 4 is 46.8 Å². The van der Waals surface area contributed by atoms with Gasteiger partial charge in [0, 0.05) is 49.9 Å². The van der Waals surface area contributed by atoms with E-state index in [1.807, 2.05) is 24.3 Å². The fourth-order valence-corrected chi connectivity index (χ4v) is 17.9. The minimum absolute atomic E-state index is 0. The third-order valence-electron chi connectivity index (χ3n) is 24.5. The molecule has 8 aliphatic carbocycles. The number of benzene rings is 8. The van der Waals surface area contributed by atoms with E-state index < -0.39 is 158 Å². The van der Waals surface area contributed by atoms with Crippen LogP contribution in [0.5, 0.6) is 0 Å². The predicted molar refractivity (Wildman–Crippen MR) is 449 cm³/mol. The monoisotopic (exact) mass is 1830 g/mol. The molecule has 4 heterocycles. The lowest BCUT2D eigenvalue weighted by molar-refractivity contribution is -0.121. The number of ketones is 4. The number of nitriles is 4. The zero-order chi connectivity index (χ0) is 94.4. The van der Waals surface area contributed by atoms with Crippen molar-refractivity contribution in [1.82, 2.24) is 55.1 Å². The molecule has 8 aliphatic rings. The number of amides is 3. The first-order valence-corrected chi connectivity index (χ1v) is 41.5. The van der Waals surface area contributed by atoms with Gasteiger partial charge < -0.3 is 26.8 Å². The number of nitrogens with one attached hydrogen (secondary N) is 3. The third-order valence-corrected chi connectivity index (χ3v) is 24.5. The van der Waals surface area contributed by atoms with Gasteiger partial charge in [-0.15, -0.1) is 0 Å². The number of nitrogens with zero attached hydrogens (tertiary/aromatic N) is 12. The van der Waals surface area contributed by atoms with E-state index >= 15 is 0 Å². The average molecular weight is 1840 g/mol. The summed E-state index contributed by atoms with van der Waals surface area (Å²) >= 11 is 0. The summed E-state index contributed by atoms with van der Waals surface area (Å²) in [4.78, 5) is 98.9. The highest BCUT2D eigenvalue weighted by Gasteiger charge is 2.55. The first kappa shape index (κ1) is 92.9. The molecule has 6 N–H and O–H groups in total. The van der Waals surface area contributed by atoms with Crippen LogP contribution in [0.15, 0.2) is 170 Å². The lowest BCUT2D eigenvalue weighted by Crippen LogP contribution is -2.43. The van der Waals surface area contributed by atoms with Gasteiger partial charge in [-0.1, -0.05) is 56.0 Å². The molecule has 4 saturated carbocycles. The zero-order valence-corrected chi connectivity index (χ0v) is 69.3. The van der Waals surface area contributed by atoms with Gasteiger partial charge in [0.05, 0.1) is 122 Å². The highest BCUT2D eigenvalue weighted by atomic mass is 19.2. The molecule has 37 heteroatoms. The topological polar surface area (TPSA) is 385 Å². The van der Waals surface area contributed by atoms with Gasteiger partial charge in [0.2, 0.25) is 5.69 Å². The zero-order valence-electron chi connectivity index (χ0n) is 69.3. The Morgan fingerprint density at radius 2 is 0.590 bits per heavy atom. The van der Waals surface area contributed by atoms with Crippen LogP contribution in [0, 0.1) is 139 Å². The maximum Gasteiger partial charge on any atom is 0.359 e. The Balaban J connectivity index is 0.000000131. The number of carbonyl (C=O) groups is 8. The molecular weight excluding hydrogens is 1760 g/mol. The molecular formula is C97H74F12N16O9. The normalized spacial score (nSPS) is 20.6. The molecule has 4 aromatic heterocycles. The van der Waals surface area contributed by atoms with Crippen LogP contribution in [0.3, 0.4) is 0 Å². The largest absolute Gasteiger partial charge is 0.476 e. The van der Waals surface area contributed by atoms with Gasteiger partial charge in [0.1, 0.15) is 46.5 Å². The molecule has 680 valence electrons. The van der Waals surface area contributed by atoms with E-state index in [0.29, 0.717) is 86.0 Å². The molecule has 4 fully saturated rings. The van der Waals surface area contributed by atoms with Crippen LogP contribution >= 0.6 is 0 Å². The highest BCUT2D eigenvalue weighted by Crippen LogP contribution is 2.57. The maximum atomic E-state index is 14.5. The number of aromatic carboxylic acids is 1. The Morgan fingerprint density at radius 1 is 0.351 bits per heavy atom. The maximum absolute atomic E-state index is 14.5. The van der Waals surface area contributed by atoms with Crippen molar-refractivity contribution in [3.8, 4) is 24.3 Å². The number of carboxylic acid groups (broad SMARTS) is 1. The van der Waals surface area contributed by atoms with E-state index in [1.54, 1.807) is 97.1 Å². The summed E-state index contributed by atoms with van der Waals surface area (Å²) in [6.45, 7) is 0.645. The Kier molecular flexibility index (Phi) is 26.6. The quantitative estimate of drug-likeness (QED) is 0.0595. The minimum Gasteiger partial charge on any atom is -0.476 e. The lowest BCUT2D eigenvalue weighted by atomic mass is 9.99. The lowest BCUT2D eigenvalue weighted by Gasteiger charge is -2.15. The standard InChI is InChI=1S/3C24H17F3N4O2.C12H11F2NO.C12H8FN3O2.CH4/c3*25-14-5-15-16-7-18(16)22(21(32)8-17(15)19(26)6-14)29-24(33)23-20(27)11-31(30-23)10-13-3-1-2-12(4-13)9-28;13-5-1-6-7-3-9(7)12(15)11(16)4-8(6)10(14)2-5;13-10-7-16(15-11(10)12(17)18)6-9-3-1-2-8(4-9)5-14;/h3*1-6,11,16,18,22H,7-8,10H2,(H,29,33);1-2,7,9,12H,3-4,15H2;1-4,7H,6H2,(H,17,18);1H4/t16-,18?,22-;2*16-,18-,22-;7-,9?,12-;;/m0100../s1. The molecule has 0 saturated heterocycles. The summed E-state index contributed by atoms with van der Waals surface area (Å²) in [5.74, 6) is -15.9. The number of carboxylic acids is 1. The van der Waals surface area contributed by atoms with Crippen molar-refractivity contribution in [1.29, 1.82) is 21.0 Å². The van der Waals surface area contributed by atoms with Gasteiger partial charge in [-0.05, 0) is 213 Å². The van der Waals surface area contributed by atoms with Crippen LogP contribution in [-0.4, -0.2) is 115 Å². The molecule has 134 heavy (non-hydrogen) atoms. The molecule has 0 bridgehead atoms. The van der Waals surface area contributed by atoms with Crippen LogP contribution < -0.4 is 21.7 Å². The van der Waals surface area contributed by atoms with E-state index in [9.17, 15) is 91.0 Å². The number of hydrogen-bond acceptors (Lipinski definition) is 17. The molecule has 2 unspecified atom stereocenters. The van der Waals surface area contributed by atoms with Gasteiger partial charge in [-0.3, -0.25) is 52.3 Å². The van der Waals surface area contributed by atoms with E-state index in [4.69, 9.17) is 31.9 Å². The molecule has 25 nitrogen and oxygen atoms in total. The van der Waals surface area contributed by atoms with Crippen LogP contribution in [0.4, 0.5) is 52.7 Å². The highest BCUT2D eigenvalue weighted by molar-refractivity contribution is 6.00. The van der Waals surface area contributed by atoms with Gasteiger partial charge in [0.25, 0.3) is 17.7 Å². The van der Waals surface area contributed by atoms with Gasteiger partial charge >= 0.3 is 5.97 Å². The van der Waals surface area contributed by atoms with Gasteiger partial charge in [-0.2, -0.15) is 41.4 Å². The smallest absolute Gasteiger partial charge is 0.359 e. The van der Waals surface area contributed by atoms with Crippen LogP contribution in [0.25, 0.3) is 0 Å². The Morgan fingerprint density at radius 3 is 0.843 bits per heavy atom. The number of carbonyl (C=O) groups excluding carboxylic acids is 7. The average Bonchev–Trinajstić information content (AvgIpc) is 1.59. The van der Waals surface area contributed by atoms with Crippen molar-refractivity contribution < 1.29 is 96.1 Å². The Bertz CT molecular complexity index is 6510. The summed E-state index contributed by atoms with van der Waals surface area (Å²) in [6, 6.07) is 39.7. The second-order valence-electron chi connectivity index (χ2n) is 33.4. The molecule has 12 aromatic rings. The molecule has 3 amide bonds. The minimum atomic E-state index is -1.41. The molecule has 0 spiro atoms. The number of Topliss-reactive ketones (excluding diaryl/α,β-unsaturated/α-hetero) is 4. The molecule has 12 atom stereocenters. The third kappa shape index (κ3) is 20.2. The Hall–Kier alpha value is -15.8. The summed E-state index contributed by atoms with van der Waals surface area (Å²) in [5.41, 5.74) is 11.3. The van der Waals surface area contributed by atoms with Crippen molar-refractivity contribution in [3.05, 3.63) is 352 Å². The summed E-state index contributed by atoms with van der Waals surface area (Å²) < 4.78 is 172. The van der Waals surface area contributed by atoms with E-state index in [1.165, 1.54) is 43.0 Å². The number of fused-ring (bicyclic) bond motifs is 12. The van der Waals surface area contributed by atoms with E-state index in [-0.39, 0.29) is 129 Å². The second-order valence-corrected chi connectivity index (χ2v) is 33.4. The van der Waals surface area contributed by atoms with Crippen LogP contribution in [-0.2, 0) is 71.0 Å². The number of hydrogen-bond donors (Lipinski definition) is 5. The fourth-order valence-electron chi connectivity index (χ4n) is 17.9. The SMILES string of the molecule is C.N#Cc1cccc(Cn2cc(F)c(C(=O)N[C@@H]3C(=O)Cc4c(F)cc(F)cc4[C@@H]4CC34)n2)c1.N#Cc1cccc(Cn2cc(F)c(C(=O)N[C@@H]3C(=O)Cc4c(F)cc(F)cc4[C@@H]4C[C@H]34)n2)c1.N#Cc1cccc(Cn2cc(F)c(C(=O)N[C@H]3C(=O)Cc4c(F)cc(F)cc4[C@H]4C[C@H]43)n2)c1.N#Cc1cccc(Cn2cc(F)c(C(=O)O)n2)c1.N[C@@H]1C(=O)Cc2c(F)cc(F)cc2[C@@H]2CC12. The first-order valence-electron chi connectivity index (χ1n) is 41.5. The second kappa shape index (κ2) is 38.4. The molecule has 0 radical (unpaired) electrons. The first-order chi connectivity index (χ1) is 63.7. The number of nitrogens with two attached hydrogens (primary N) is 1. The van der Waals surface area contributed by atoms with Crippen molar-refractivity contribution in [3.63, 3.8) is 0 Å². The summed E-state index contributed by atoms with van der Waals surface area (Å²) in [6.07, 6.45) is 5.66. The fraction of sp³-hybridized carbons (Fsp3) is 0.258. The van der Waals surface area contributed by atoms with E-state index in [2.05, 4.69) is 36.3 Å². The number of halogens is 12. The van der Waals surface area contributed by atoms with Crippen LogP contribution in [0.2, 0.25) is 0 Å². The van der Waals surface area contributed by atoms with Crippen molar-refractivity contribution in [2.45, 2.75) is 133 Å².